The van der Waals surface area contributed by atoms with E-state index in [1.165, 1.54) is 18.7 Å². The normalized spacial score (nSPS) is 12.5. The predicted octanol–water partition coefficient (Wildman–Crippen LogP) is -1.06. The standard InChI is InChI=1S/C13H19N5O4S/c1-4-7(5-19)14-8(20)6-23-12-15-9-10(16-12)17(2)13(22)18(3)11(9)21/h7,19H,4-6H2,1-3H3,(H,14,20)(H,15,16). The molecule has 10 heteroatoms. The van der Waals surface area contributed by atoms with Crippen molar-refractivity contribution in [2.24, 2.45) is 14.1 Å². The van der Waals surface area contributed by atoms with Gasteiger partial charge in [-0.05, 0) is 6.42 Å². The van der Waals surface area contributed by atoms with Crippen LogP contribution in [0.5, 0.6) is 0 Å². The van der Waals surface area contributed by atoms with Gasteiger partial charge in [-0.3, -0.25) is 18.7 Å². The lowest BCUT2D eigenvalue weighted by Gasteiger charge is -2.13. The second-order valence-electron chi connectivity index (χ2n) is 5.09. The predicted molar refractivity (Wildman–Crippen MR) is 86.6 cm³/mol. The lowest BCUT2D eigenvalue weighted by atomic mass is 10.2. The van der Waals surface area contributed by atoms with Gasteiger partial charge in [0.25, 0.3) is 5.56 Å². The molecule has 0 fully saturated rings. The van der Waals surface area contributed by atoms with Gasteiger partial charge in [-0.2, -0.15) is 0 Å². The Balaban J connectivity index is 2.18. The smallest absolute Gasteiger partial charge is 0.332 e. The molecule has 23 heavy (non-hydrogen) atoms. The van der Waals surface area contributed by atoms with Gasteiger partial charge in [0.05, 0.1) is 18.4 Å². The number of H-pyrrole nitrogens is 1. The number of carbonyl (C=O) groups excluding carboxylic acids is 1. The molecule has 0 radical (unpaired) electrons. The molecule has 2 aromatic heterocycles. The van der Waals surface area contributed by atoms with Crippen molar-refractivity contribution in [2.75, 3.05) is 12.4 Å². The maximum atomic E-state index is 12.0. The third kappa shape index (κ3) is 3.48. The molecule has 0 bridgehead atoms. The first-order valence-electron chi connectivity index (χ1n) is 7.07. The van der Waals surface area contributed by atoms with Crippen molar-refractivity contribution in [2.45, 2.75) is 24.5 Å². The van der Waals surface area contributed by atoms with Crippen molar-refractivity contribution >= 4 is 28.8 Å². The number of aliphatic hydroxyl groups is 1. The van der Waals surface area contributed by atoms with E-state index >= 15 is 0 Å². The number of amides is 1. The first-order valence-corrected chi connectivity index (χ1v) is 8.06. The fourth-order valence-corrected chi connectivity index (χ4v) is 2.73. The van der Waals surface area contributed by atoms with Crippen molar-refractivity contribution in [1.29, 1.82) is 0 Å². The summed E-state index contributed by atoms with van der Waals surface area (Å²) in [5, 5.41) is 12.1. The number of fused-ring (bicyclic) bond motifs is 1. The topological polar surface area (TPSA) is 122 Å². The number of thioether (sulfide) groups is 1. The Morgan fingerprint density at radius 1 is 1.39 bits per heavy atom. The minimum atomic E-state index is -0.461. The number of nitrogens with one attached hydrogen (secondary N) is 2. The van der Waals surface area contributed by atoms with Crippen LogP contribution >= 0.6 is 11.8 Å². The van der Waals surface area contributed by atoms with Gasteiger partial charge < -0.3 is 15.4 Å². The Labute approximate surface area is 135 Å². The zero-order valence-corrected chi connectivity index (χ0v) is 13.9. The molecule has 0 saturated heterocycles. The van der Waals surface area contributed by atoms with E-state index in [2.05, 4.69) is 15.3 Å². The first kappa shape index (κ1) is 17.3. The van der Waals surface area contributed by atoms with Gasteiger partial charge >= 0.3 is 5.69 Å². The lowest BCUT2D eigenvalue weighted by Crippen LogP contribution is -2.37. The average Bonchev–Trinajstić information content (AvgIpc) is 2.98. The molecule has 9 nitrogen and oxygen atoms in total. The summed E-state index contributed by atoms with van der Waals surface area (Å²) in [5.74, 6) is -0.150. The molecule has 2 rings (SSSR count). The van der Waals surface area contributed by atoms with E-state index in [0.29, 0.717) is 11.6 Å². The highest BCUT2D eigenvalue weighted by Crippen LogP contribution is 2.16. The highest BCUT2D eigenvalue weighted by molar-refractivity contribution is 7.99. The van der Waals surface area contributed by atoms with Crippen LogP contribution in [-0.2, 0) is 18.9 Å². The van der Waals surface area contributed by atoms with E-state index in [1.54, 1.807) is 0 Å². The lowest BCUT2D eigenvalue weighted by molar-refractivity contribution is -0.119. The monoisotopic (exact) mass is 341 g/mol. The van der Waals surface area contributed by atoms with Crippen LogP contribution in [0.3, 0.4) is 0 Å². The van der Waals surface area contributed by atoms with Crippen molar-refractivity contribution in [3.05, 3.63) is 20.8 Å². The Kier molecular flexibility index (Phi) is 5.26. The summed E-state index contributed by atoms with van der Waals surface area (Å²) in [7, 11) is 2.92. The molecule has 0 spiro atoms. The number of nitrogens with zero attached hydrogens (tertiary/aromatic N) is 3. The highest BCUT2D eigenvalue weighted by atomic mass is 32.2. The van der Waals surface area contributed by atoms with Crippen LogP contribution in [0.1, 0.15) is 13.3 Å². The molecule has 2 aromatic rings. The number of hydrogen-bond acceptors (Lipinski definition) is 6. The summed E-state index contributed by atoms with van der Waals surface area (Å²) >= 11 is 1.12. The van der Waals surface area contributed by atoms with E-state index in [1.807, 2.05) is 6.92 Å². The summed E-state index contributed by atoms with van der Waals surface area (Å²) < 4.78 is 2.27. The zero-order chi connectivity index (χ0) is 17.1. The molecule has 1 atom stereocenters. The Morgan fingerprint density at radius 3 is 2.70 bits per heavy atom. The van der Waals surface area contributed by atoms with Crippen molar-refractivity contribution in [3.63, 3.8) is 0 Å². The first-order chi connectivity index (χ1) is 10.9. The van der Waals surface area contributed by atoms with Crippen LogP contribution in [0.4, 0.5) is 0 Å². The number of aliphatic hydroxyl groups excluding tert-OH is 1. The Morgan fingerprint density at radius 2 is 2.09 bits per heavy atom. The molecule has 0 aromatic carbocycles. The third-order valence-corrected chi connectivity index (χ3v) is 4.36. The largest absolute Gasteiger partial charge is 0.394 e. The molecule has 0 saturated carbocycles. The van der Waals surface area contributed by atoms with Gasteiger partial charge in [-0.25, -0.2) is 9.78 Å². The van der Waals surface area contributed by atoms with E-state index in [0.717, 1.165) is 16.3 Å². The van der Waals surface area contributed by atoms with Gasteiger partial charge in [0.1, 0.15) is 0 Å². The average molecular weight is 341 g/mol. The number of rotatable bonds is 6. The van der Waals surface area contributed by atoms with Gasteiger partial charge in [0.15, 0.2) is 16.3 Å². The van der Waals surface area contributed by atoms with Crippen LogP contribution < -0.4 is 16.6 Å². The fourth-order valence-electron chi connectivity index (χ4n) is 2.05. The molecule has 0 aliphatic carbocycles. The fraction of sp³-hybridized carbons (Fsp3) is 0.538. The van der Waals surface area contributed by atoms with Crippen molar-refractivity contribution < 1.29 is 9.90 Å². The summed E-state index contributed by atoms with van der Waals surface area (Å²) in [4.78, 5) is 42.7. The molecule has 1 unspecified atom stereocenters. The van der Waals surface area contributed by atoms with E-state index in [9.17, 15) is 14.4 Å². The maximum Gasteiger partial charge on any atom is 0.332 e. The third-order valence-electron chi connectivity index (χ3n) is 3.49. The number of carbonyl (C=O) groups is 1. The molecule has 1 amide bonds. The van der Waals surface area contributed by atoms with Crippen molar-refractivity contribution in [3.8, 4) is 0 Å². The molecule has 0 aliphatic rings. The summed E-state index contributed by atoms with van der Waals surface area (Å²) in [6.07, 6.45) is 0.635. The second-order valence-corrected chi connectivity index (χ2v) is 6.05. The second kappa shape index (κ2) is 7.01. The van der Waals surface area contributed by atoms with Crippen LogP contribution in [0.2, 0.25) is 0 Å². The zero-order valence-electron chi connectivity index (χ0n) is 13.1. The van der Waals surface area contributed by atoms with Crippen molar-refractivity contribution in [1.82, 2.24) is 24.4 Å². The quantitative estimate of drug-likeness (QED) is 0.576. The molecular formula is C13H19N5O4S. The Hall–Kier alpha value is -2.07. The number of aromatic nitrogens is 4. The SMILES string of the molecule is CCC(CO)NC(=O)CSc1nc2c([nH]1)c(=O)n(C)c(=O)n2C. The van der Waals surface area contributed by atoms with E-state index in [-0.39, 0.29) is 35.5 Å². The molecule has 0 aliphatic heterocycles. The molecule has 3 N–H and O–H groups in total. The molecule has 2 heterocycles. The van der Waals surface area contributed by atoms with Crippen LogP contribution in [-0.4, -0.2) is 48.5 Å². The minimum absolute atomic E-state index is 0.0879. The van der Waals surface area contributed by atoms with Gasteiger partial charge in [0.2, 0.25) is 5.91 Å². The van der Waals surface area contributed by atoms with Crippen LogP contribution in [0.25, 0.3) is 11.2 Å². The minimum Gasteiger partial charge on any atom is -0.394 e. The Bertz CT molecular complexity index is 833. The van der Waals surface area contributed by atoms with Gasteiger partial charge in [-0.1, -0.05) is 18.7 Å². The summed E-state index contributed by atoms with van der Waals surface area (Å²) in [6.45, 7) is 1.75. The van der Waals surface area contributed by atoms with Gasteiger partial charge in [0, 0.05) is 14.1 Å². The highest BCUT2D eigenvalue weighted by Gasteiger charge is 2.15. The number of imidazole rings is 1. The number of aryl methyl sites for hydroxylation is 1. The van der Waals surface area contributed by atoms with E-state index in [4.69, 9.17) is 5.11 Å². The summed E-state index contributed by atoms with van der Waals surface area (Å²) in [6, 6.07) is -0.271. The van der Waals surface area contributed by atoms with Crippen LogP contribution in [0, 0.1) is 0 Å². The number of aromatic amines is 1. The molecular weight excluding hydrogens is 322 g/mol. The maximum absolute atomic E-state index is 12.0. The summed E-state index contributed by atoms with van der Waals surface area (Å²) in [5.41, 5.74) is -0.447. The molecule has 126 valence electrons. The van der Waals surface area contributed by atoms with E-state index < -0.39 is 11.2 Å². The number of hydrogen-bond donors (Lipinski definition) is 3. The van der Waals surface area contributed by atoms with Gasteiger partial charge in [-0.15, -0.1) is 0 Å². The van der Waals surface area contributed by atoms with Crippen LogP contribution in [0.15, 0.2) is 14.7 Å².